The number of aromatic nitrogens is 3. The first-order valence-electron chi connectivity index (χ1n) is 6.67. The van der Waals surface area contributed by atoms with Crippen LogP contribution in [0.4, 0.5) is 11.8 Å². The average molecular weight is 271 g/mol. The summed E-state index contributed by atoms with van der Waals surface area (Å²) in [7, 11) is 0. The van der Waals surface area contributed by atoms with Crippen LogP contribution in [-0.4, -0.2) is 28.2 Å². The van der Waals surface area contributed by atoms with Crippen LogP contribution in [0.5, 0.6) is 0 Å². The second kappa shape index (κ2) is 5.83. The van der Waals surface area contributed by atoms with Crippen molar-refractivity contribution in [2.75, 3.05) is 24.3 Å². The molecule has 20 heavy (non-hydrogen) atoms. The van der Waals surface area contributed by atoms with Gasteiger partial charge in [-0.15, -0.1) is 0 Å². The van der Waals surface area contributed by atoms with Gasteiger partial charge in [0, 0.05) is 24.8 Å². The number of nitrogens with one attached hydrogen (secondary N) is 1. The summed E-state index contributed by atoms with van der Waals surface area (Å²) in [4.78, 5) is 12.8. The van der Waals surface area contributed by atoms with Crippen LogP contribution in [0.25, 0.3) is 0 Å². The predicted octanol–water partition coefficient (Wildman–Crippen LogP) is 1.57. The summed E-state index contributed by atoms with van der Waals surface area (Å²) < 4.78 is 5.39. The van der Waals surface area contributed by atoms with Crippen molar-refractivity contribution in [3.63, 3.8) is 0 Å². The molecule has 0 saturated carbocycles. The molecule has 0 bridgehead atoms. The van der Waals surface area contributed by atoms with Crippen LogP contribution in [0, 0.1) is 0 Å². The molecule has 0 unspecified atom stereocenters. The van der Waals surface area contributed by atoms with Crippen molar-refractivity contribution in [1.29, 1.82) is 0 Å². The van der Waals surface area contributed by atoms with E-state index in [1.165, 1.54) is 0 Å². The van der Waals surface area contributed by atoms with Gasteiger partial charge in [-0.1, -0.05) is 6.07 Å². The Hall–Kier alpha value is -2.21. The number of anilines is 2. The average Bonchev–Trinajstić information content (AvgIpc) is 3.00. The van der Waals surface area contributed by atoms with Crippen LogP contribution in [0.3, 0.4) is 0 Å². The van der Waals surface area contributed by atoms with Crippen molar-refractivity contribution in [3.05, 3.63) is 41.9 Å². The number of nitrogens with zero attached hydrogens (tertiary/aromatic N) is 3. The molecule has 6 nitrogen and oxygen atoms in total. The number of hydrogen-bond donors (Lipinski definition) is 2. The van der Waals surface area contributed by atoms with Crippen LogP contribution >= 0.6 is 0 Å². The minimum Gasteiger partial charge on any atom is -0.381 e. The van der Waals surface area contributed by atoms with Crippen LogP contribution in [0.15, 0.2) is 30.5 Å². The fourth-order valence-electron chi connectivity index (χ4n) is 2.24. The standard InChI is InChI=1S/C14H17N5O/c15-14-18-12(10-4-6-20-9-10)7-13(19-14)17-8-11-3-1-2-5-16-11/h1-3,5,7,10H,4,6,8-9H2,(H3,15,17,18,19)/t10-/m1/s1. The van der Waals surface area contributed by atoms with Crippen molar-refractivity contribution >= 4 is 11.8 Å². The zero-order valence-electron chi connectivity index (χ0n) is 11.1. The molecule has 3 rings (SSSR count). The van der Waals surface area contributed by atoms with E-state index in [2.05, 4.69) is 20.3 Å². The van der Waals surface area contributed by atoms with E-state index in [0.29, 0.717) is 19.1 Å². The Morgan fingerprint density at radius 3 is 3.05 bits per heavy atom. The molecule has 1 fully saturated rings. The third-order valence-electron chi connectivity index (χ3n) is 3.29. The Balaban J connectivity index is 1.72. The summed E-state index contributed by atoms with van der Waals surface area (Å²) >= 11 is 0. The second-order valence-electron chi connectivity index (χ2n) is 4.77. The summed E-state index contributed by atoms with van der Waals surface area (Å²) in [6.07, 6.45) is 2.75. The van der Waals surface area contributed by atoms with Crippen LogP contribution in [0.1, 0.15) is 23.7 Å². The van der Waals surface area contributed by atoms with E-state index in [0.717, 1.165) is 30.2 Å². The molecule has 0 aliphatic carbocycles. The molecule has 0 spiro atoms. The molecule has 2 aromatic heterocycles. The second-order valence-corrected chi connectivity index (χ2v) is 4.77. The van der Waals surface area contributed by atoms with Crippen molar-refractivity contribution in [3.8, 4) is 0 Å². The molecule has 104 valence electrons. The quantitative estimate of drug-likeness (QED) is 0.878. The minimum atomic E-state index is 0.290. The van der Waals surface area contributed by atoms with E-state index in [1.54, 1.807) is 6.20 Å². The lowest BCUT2D eigenvalue weighted by atomic mass is 10.0. The van der Waals surface area contributed by atoms with Gasteiger partial charge in [-0.25, -0.2) is 4.98 Å². The number of nitrogens with two attached hydrogens (primary N) is 1. The van der Waals surface area contributed by atoms with E-state index < -0.39 is 0 Å². The van der Waals surface area contributed by atoms with Gasteiger partial charge in [-0.2, -0.15) is 4.98 Å². The van der Waals surface area contributed by atoms with Crippen LogP contribution in [0.2, 0.25) is 0 Å². The topological polar surface area (TPSA) is 86.0 Å². The maximum atomic E-state index is 5.78. The molecule has 0 radical (unpaired) electrons. The molecule has 0 amide bonds. The molecule has 2 aromatic rings. The smallest absolute Gasteiger partial charge is 0.222 e. The maximum Gasteiger partial charge on any atom is 0.222 e. The molecule has 3 heterocycles. The lowest BCUT2D eigenvalue weighted by Crippen LogP contribution is -2.09. The third-order valence-corrected chi connectivity index (χ3v) is 3.29. The van der Waals surface area contributed by atoms with Gasteiger partial charge < -0.3 is 15.8 Å². The Labute approximate surface area is 117 Å². The van der Waals surface area contributed by atoms with Gasteiger partial charge in [0.15, 0.2) is 0 Å². The minimum absolute atomic E-state index is 0.290. The van der Waals surface area contributed by atoms with Crippen molar-refractivity contribution in [2.24, 2.45) is 0 Å². The largest absolute Gasteiger partial charge is 0.381 e. The van der Waals surface area contributed by atoms with E-state index in [9.17, 15) is 0 Å². The van der Waals surface area contributed by atoms with Crippen LogP contribution < -0.4 is 11.1 Å². The molecule has 1 saturated heterocycles. The number of rotatable bonds is 4. The Morgan fingerprint density at radius 1 is 1.35 bits per heavy atom. The van der Waals surface area contributed by atoms with E-state index in [4.69, 9.17) is 10.5 Å². The SMILES string of the molecule is Nc1nc(NCc2ccccn2)cc([C@@H]2CCOC2)n1. The molecule has 1 aliphatic heterocycles. The molecule has 0 aromatic carbocycles. The molecule has 3 N–H and O–H groups in total. The normalized spacial score (nSPS) is 18.1. The highest BCUT2D eigenvalue weighted by atomic mass is 16.5. The molecule has 1 aliphatic rings. The first-order valence-corrected chi connectivity index (χ1v) is 6.67. The van der Waals surface area contributed by atoms with Gasteiger partial charge in [-0.05, 0) is 18.6 Å². The van der Waals surface area contributed by atoms with E-state index >= 15 is 0 Å². The Kier molecular flexibility index (Phi) is 3.73. The highest BCUT2D eigenvalue weighted by molar-refractivity contribution is 5.41. The highest BCUT2D eigenvalue weighted by Gasteiger charge is 2.20. The molecular weight excluding hydrogens is 254 g/mol. The molecule has 6 heteroatoms. The summed E-state index contributed by atoms with van der Waals surface area (Å²) in [6, 6.07) is 7.76. The fraction of sp³-hybridized carbons (Fsp3) is 0.357. The van der Waals surface area contributed by atoms with E-state index in [1.807, 2.05) is 24.3 Å². The van der Waals surface area contributed by atoms with Gasteiger partial charge in [0.05, 0.1) is 24.5 Å². The zero-order chi connectivity index (χ0) is 13.8. The molecular formula is C14H17N5O. The first kappa shape index (κ1) is 12.8. The first-order chi connectivity index (χ1) is 9.81. The van der Waals surface area contributed by atoms with Gasteiger partial charge in [0.2, 0.25) is 5.95 Å². The predicted molar refractivity (Wildman–Crippen MR) is 76.2 cm³/mol. The van der Waals surface area contributed by atoms with Gasteiger partial charge in [0.25, 0.3) is 0 Å². The van der Waals surface area contributed by atoms with Gasteiger partial charge in [0.1, 0.15) is 5.82 Å². The summed E-state index contributed by atoms with van der Waals surface area (Å²) in [5, 5.41) is 3.23. The third kappa shape index (κ3) is 3.03. The summed E-state index contributed by atoms with van der Waals surface area (Å²) in [6.45, 7) is 2.10. The monoisotopic (exact) mass is 271 g/mol. The Bertz CT molecular complexity index is 569. The van der Waals surface area contributed by atoms with Crippen molar-refractivity contribution in [1.82, 2.24) is 15.0 Å². The van der Waals surface area contributed by atoms with Crippen molar-refractivity contribution in [2.45, 2.75) is 18.9 Å². The number of hydrogen-bond acceptors (Lipinski definition) is 6. The van der Waals surface area contributed by atoms with Gasteiger partial charge >= 0.3 is 0 Å². The van der Waals surface area contributed by atoms with Crippen LogP contribution in [-0.2, 0) is 11.3 Å². The maximum absolute atomic E-state index is 5.78. The molecule has 1 atom stereocenters. The van der Waals surface area contributed by atoms with Gasteiger partial charge in [-0.3, -0.25) is 4.98 Å². The summed E-state index contributed by atoms with van der Waals surface area (Å²) in [5.74, 6) is 1.33. The zero-order valence-corrected chi connectivity index (χ0v) is 11.1. The lowest BCUT2D eigenvalue weighted by Gasteiger charge is -2.11. The number of pyridine rings is 1. The fourth-order valence-corrected chi connectivity index (χ4v) is 2.24. The Morgan fingerprint density at radius 2 is 2.30 bits per heavy atom. The number of nitrogen functional groups attached to an aromatic ring is 1. The summed E-state index contributed by atoms with van der Waals surface area (Å²) in [5.41, 5.74) is 7.67. The van der Waals surface area contributed by atoms with Crippen molar-refractivity contribution < 1.29 is 4.74 Å². The highest BCUT2D eigenvalue weighted by Crippen LogP contribution is 2.25. The lowest BCUT2D eigenvalue weighted by molar-refractivity contribution is 0.193. The number of ether oxygens (including phenoxy) is 1. The van der Waals surface area contributed by atoms with E-state index in [-0.39, 0.29) is 5.95 Å².